The van der Waals surface area contributed by atoms with E-state index in [-0.39, 0.29) is 5.91 Å². The molecule has 0 radical (unpaired) electrons. The van der Waals surface area contributed by atoms with Crippen LogP contribution in [0.2, 0.25) is 0 Å². The van der Waals surface area contributed by atoms with Gasteiger partial charge in [0.1, 0.15) is 5.75 Å². The minimum Gasteiger partial charge on any atom is -0.497 e. The molecule has 94 valence electrons. The molecule has 0 saturated heterocycles. The number of alkyl halides is 1. The Labute approximate surface area is 111 Å². The zero-order valence-electron chi connectivity index (χ0n) is 10.2. The van der Waals surface area contributed by atoms with Crippen LogP contribution in [0.25, 0.3) is 0 Å². The number of hydrogen-bond acceptors (Lipinski definition) is 2. The summed E-state index contributed by atoms with van der Waals surface area (Å²) in [6.07, 6.45) is 2.16. The first-order valence-corrected chi connectivity index (χ1v) is 6.65. The number of nitrogens with one attached hydrogen (secondary N) is 1. The number of hydrogen-bond donors (Lipinski definition) is 1. The Morgan fingerprint density at radius 3 is 2.59 bits per heavy atom. The third-order valence-electron chi connectivity index (χ3n) is 2.44. The van der Waals surface area contributed by atoms with Crippen LogP contribution in [0.5, 0.6) is 5.75 Å². The van der Waals surface area contributed by atoms with Crippen molar-refractivity contribution in [2.75, 3.05) is 13.7 Å². The Bertz CT molecular complexity index is 351. The highest BCUT2D eigenvalue weighted by Crippen LogP contribution is 2.11. The lowest BCUT2D eigenvalue weighted by Gasteiger charge is -2.10. The quantitative estimate of drug-likeness (QED) is 0.820. The molecule has 0 bridgehead atoms. The number of benzene rings is 1. The zero-order chi connectivity index (χ0) is 12.7. The molecule has 0 fully saturated rings. The van der Waals surface area contributed by atoms with Gasteiger partial charge in [-0.25, -0.2) is 0 Å². The molecule has 3 nitrogen and oxygen atoms in total. The van der Waals surface area contributed by atoms with E-state index in [1.165, 1.54) is 0 Å². The first kappa shape index (κ1) is 14.0. The van der Waals surface area contributed by atoms with Crippen molar-refractivity contribution in [3.05, 3.63) is 29.8 Å². The van der Waals surface area contributed by atoms with Crippen LogP contribution in [0.3, 0.4) is 0 Å². The van der Waals surface area contributed by atoms with Gasteiger partial charge < -0.3 is 10.1 Å². The molecule has 1 aromatic rings. The minimum atomic E-state index is -0.0480. The van der Waals surface area contributed by atoms with Crippen LogP contribution in [-0.2, 0) is 0 Å². The van der Waals surface area contributed by atoms with Crippen LogP contribution >= 0.6 is 15.9 Å². The molecule has 4 heteroatoms. The van der Waals surface area contributed by atoms with Crippen LogP contribution in [-0.4, -0.2) is 24.4 Å². The van der Waals surface area contributed by atoms with Crippen LogP contribution < -0.4 is 10.1 Å². The molecule has 0 saturated carbocycles. The van der Waals surface area contributed by atoms with Crippen molar-refractivity contribution in [2.24, 2.45) is 0 Å². The largest absolute Gasteiger partial charge is 0.497 e. The van der Waals surface area contributed by atoms with Crippen molar-refractivity contribution in [1.29, 1.82) is 0 Å². The molecule has 17 heavy (non-hydrogen) atoms. The molecule has 1 atom stereocenters. The van der Waals surface area contributed by atoms with E-state index in [9.17, 15) is 4.79 Å². The smallest absolute Gasteiger partial charge is 0.251 e. The number of amides is 1. The second kappa shape index (κ2) is 7.33. The molecule has 0 aliphatic carbocycles. The second-order valence-electron chi connectivity index (χ2n) is 3.82. The third kappa shape index (κ3) is 4.77. The summed E-state index contributed by atoms with van der Waals surface area (Å²) in [4.78, 5) is 12.1. The highest BCUT2D eigenvalue weighted by Gasteiger charge is 2.08. The number of carbonyl (C=O) groups excluding carboxylic acids is 1. The average Bonchev–Trinajstić information content (AvgIpc) is 2.36. The Kier molecular flexibility index (Phi) is 6.05. The lowest BCUT2D eigenvalue weighted by molar-refractivity contribution is 0.0953. The van der Waals surface area contributed by atoms with Gasteiger partial charge in [-0.05, 0) is 30.7 Å². The summed E-state index contributed by atoms with van der Waals surface area (Å²) in [6.45, 7) is 2.78. The zero-order valence-corrected chi connectivity index (χ0v) is 11.8. The summed E-state index contributed by atoms with van der Waals surface area (Å²) in [5.41, 5.74) is 0.655. The molecule has 1 amide bonds. The minimum absolute atomic E-state index is 0.0480. The van der Waals surface area contributed by atoms with E-state index >= 15 is 0 Å². The van der Waals surface area contributed by atoms with Gasteiger partial charge in [0.15, 0.2) is 0 Å². The van der Waals surface area contributed by atoms with Crippen LogP contribution in [0, 0.1) is 0 Å². The van der Waals surface area contributed by atoms with Gasteiger partial charge in [0.25, 0.3) is 5.91 Å². The van der Waals surface area contributed by atoms with Crippen molar-refractivity contribution in [3.63, 3.8) is 0 Å². The normalized spacial score (nSPS) is 11.9. The van der Waals surface area contributed by atoms with Gasteiger partial charge in [0.05, 0.1) is 7.11 Å². The van der Waals surface area contributed by atoms with E-state index in [1.54, 1.807) is 31.4 Å². The Balaban J connectivity index is 2.46. The summed E-state index contributed by atoms with van der Waals surface area (Å²) < 4.78 is 5.04. The van der Waals surface area contributed by atoms with Gasteiger partial charge in [0, 0.05) is 16.9 Å². The van der Waals surface area contributed by atoms with Gasteiger partial charge in [-0.3, -0.25) is 4.79 Å². The van der Waals surface area contributed by atoms with Crippen molar-refractivity contribution in [3.8, 4) is 5.75 Å². The summed E-state index contributed by atoms with van der Waals surface area (Å²) in [6, 6.07) is 7.09. The predicted molar refractivity (Wildman–Crippen MR) is 73.0 cm³/mol. The predicted octanol–water partition coefficient (Wildman–Crippen LogP) is 2.99. The number of methoxy groups -OCH3 is 1. The molecule has 1 rings (SSSR count). The van der Waals surface area contributed by atoms with Gasteiger partial charge in [-0.2, -0.15) is 0 Å². The van der Waals surface area contributed by atoms with Crippen LogP contribution in [0.4, 0.5) is 0 Å². The molecule has 1 unspecified atom stereocenters. The van der Waals surface area contributed by atoms with E-state index in [2.05, 4.69) is 28.2 Å². The SMILES string of the molecule is CCCC(Br)CNC(=O)c1ccc(OC)cc1. The first-order valence-electron chi connectivity index (χ1n) is 5.73. The van der Waals surface area contributed by atoms with Crippen molar-refractivity contribution in [1.82, 2.24) is 5.32 Å². The molecule has 0 heterocycles. The lowest BCUT2D eigenvalue weighted by atomic mass is 10.2. The van der Waals surface area contributed by atoms with E-state index in [4.69, 9.17) is 4.74 Å². The molecular formula is C13H18BrNO2. The molecule has 1 aromatic carbocycles. The van der Waals surface area contributed by atoms with Crippen molar-refractivity contribution < 1.29 is 9.53 Å². The maximum Gasteiger partial charge on any atom is 0.251 e. The number of carbonyl (C=O) groups is 1. The van der Waals surface area contributed by atoms with Crippen molar-refractivity contribution >= 4 is 21.8 Å². The highest BCUT2D eigenvalue weighted by molar-refractivity contribution is 9.09. The number of ether oxygens (including phenoxy) is 1. The molecule has 0 aliphatic rings. The van der Waals surface area contributed by atoms with Crippen LogP contribution in [0.15, 0.2) is 24.3 Å². The Morgan fingerprint density at radius 2 is 2.06 bits per heavy atom. The summed E-state index contributed by atoms with van der Waals surface area (Å²) in [5, 5.41) is 2.89. The first-order chi connectivity index (χ1) is 8.17. The number of halogens is 1. The Morgan fingerprint density at radius 1 is 1.41 bits per heavy atom. The van der Waals surface area contributed by atoms with Gasteiger partial charge in [0.2, 0.25) is 0 Å². The summed E-state index contributed by atoms with van der Waals surface area (Å²) in [7, 11) is 1.61. The maximum atomic E-state index is 11.8. The van der Waals surface area contributed by atoms with E-state index in [0.29, 0.717) is 16.9 Å². The van der Waals surface area contributed by atoms with E-state index < -0.39 is 0 Å². The van der Waals surface area contributed by atoms with Crippen molar-refractivity contribution in [2.45, 2.75) is 24.6 Å². The topological polar surface area (TPSA) is 38.3 Å². The molecule has 1 N–H and O–H groups in total. The maximum absolute atomic E-state index is 11.8. The second-order valence-corrected chi connectivity index (χ2v) is 5.12. The van der Waals surface area contributed by atoms with Crippen LogP contribution in [0.1, 0.15) is 30.1 Å². The fourth-order valence-electron chi connectivity index (χ4n) is 1.46. The molecule has 0 aliphatic heterocycles. The Hall–Kier alpha value is -1.03. The molecule has 0 aromatic heterocycles. The van der Waals surface area contributed by atoms with Gasteiger partial charge >= 0.3 is 0 Å². The van der Waals surface area contributed by atoms with E-state index in [0.717, 1.165) is 18.6 Å². The monoisotopic (exact) mass is 299 g/mol. The number of rotatable bonds is 6. The third-order valence-corrected chi connectivity index (χ3v) is 3.22. The lowest BCUT2D eigenvalue weighted by Crippen LogP contribution is -2.29. The molecular weight excluding hydrogens is 282 g/mol. The van der Waals surface area contributed by atoms with Gasteiger partial charge in [-0.1, -0.05) is 29.3 Å². The van der Waals surface area contributed by atoms with Gasteiger partial charge in [-0.15, -0.1) is 0 Å². The molecule has 0 spiro atoms. The average molecular weight is 300 g/mol. The fraction of sp³-hybridized carbons (Fsp3) is 0.462. The summed E-state index contributed by atoms with van der Waals surface area (Å²) in [5.74, 6) is 0.708. The highest BCUT2D eigenvalue weighted by atomic mass is 79.9. The van der Waals surface area contributed by atoms with E-state index in [1.807, 2.05) is 0 Å². The standard InChI is InChI=1S/C13H18BrNO2/c1-3-4-11(14)9-15-13(16)10-5-7-12(17-2)8-6-10/h5-8,11H,3-4,9H2,1-2H3,(H,15,16). The summed E-state index contributed by atoms with van der Waals surface area (Å²) >= 11 is 3.53. The fourth-order valence-corrected chi connectivity index (χ4v) is 2.08.